The lowest BCUT2D eigenvalue weighted by Gasteiger charge is -2.36. The third-order valence-corrected chi connectivity index (χ3v) is 7.33. The van der Waals surface area contributed by atoms with Gasteiger partial charge in [-0.05, 0) is 37.3 Å². The molecular formula is C23H25FN4O2S2. The Labute approximate surface area is 194 Å². The van der Waals surface area contributed by atoms with Crippen LogP contribution in [0.25, 0.3) is 10.2 Å². The Kier molecular flexibility index (Phi) is 7.26. The van der Waals surface area contributed by atoms with Crippen molar-refractivity contribution >= 4 is 50.8 Å². The summed E-state index contributed by atoms with van der Waals surface area (Å²) in [5.74, 6) is -0.138. The Morgan fingerprint density at radius 1 is 1.06 bits per heavy atom. The summed E-state index contributed by atoms with van der Waals surface area (Å²) in [4.78, 5) is 33.8. The van der Waals surface area contributed by atoms with Crippen LogP contribution in [0.2, 0.25) is 0 Å². The Hall–Kier alpha value is -2.65. The molecule has 0 aliphatic carbocycles. The number of thioether (sulfide) groups is 1. The average Bonchev–Trinajstić information content (AvgIpc) is 3.15. The first-order valence-electron chi connectivity index (χ1n) is 10.6. The zero-order valence-corrected chi connectivity index (χ0v) is 19.5. The van der Waals surface area contributed by atoms with Crippen molar-refractivity contribution in [3.05, 3.63) is 59.1 Å². The number of hydrogen-bond acceptors (Lipinski definition) is 5. The molecule has 1 fully saturated rings. The summed E-state index contributed by atoms with van der Waals surface area (Å²) in [5.41, 5.74) is 2.04. The molecule has 9 heteroatoms. The molecule has 0 spiro atoms. The van der Waals surface area contributed by atoms with E-state index < -0.39 is 0 Å². The number of amides is 2. The molecule has 0 atom stereocenters. The van der Waals surface area contributed by atoms with Gasteiger partial charge in [-0.1, -0.05) is 29.5 Å². The number of nitrogens with zero attached hydrogens (tertiary/aromatic N) is 4. The van der Waals surface area contributed by atoms with Crippen LogP contribution in [0.1, 0.15) is 6.92 Å². The first-order chi connectivity index (χ1) is 15.5. The largest absolute Gasteiger partial charge is 0.368 e. The summed E-state index contributed by atoms with van der Waals surface area (Å²) < 4.78 is 16.2. The third-order valence-electron chi connectivity index (χ3n) is 5.39. The number of hydrogen-bond donors (Lipinski definition) is 0. The van der Waals surface area contributed by atoms with Gasteiger partial charge in [0.15, 0.2) is 4.80 Å². The Balaban J connectivity index is 1.29. The van der Waals surface area contributed by atoms with E-state index in [0.29, 0.717) is 24.4 Å². The fourth-order valence-corrected chi connectivity index (χ4v) is 5.58. The predicted molar refractivity (Wildman–Crippen MR) is 129 cm³/mol. The van der Waals surface area contributed by atoms with Gasteiger partial charge >= 0.3 is 0 Å². The highest BCUT2D eigenvalue weighted by molar-refractivity contribution is 8.00. The molecule has 32 heavy (non-hydrogen) atoms. The molecule has 1 aliphatic rings. The van der Waals surface area contributed by atoms with Crippen LogP contribution in [-0.2, 0) is 16.1 Å². The van der Waals surface area contributed by atoms with Crippen molar-refractivity contribution in [3.8, 4) is 0 Å². The molecule has 2 heterocycles. The van der Waals surface area contributed by atoms with E-state index in [4.69, 9.17) is 0 Å². The molecule has 0 saturated carbocycles. The molecule has 1 saturated heterocycles. The standard InChI is InChI=1S/C23H25FN4O2S2/c1-2-28-19-9-8-17(24)14-20(19)32-23(28)25-21(29)15-31-16-22(30)27-12-10-26(11-13-27)18-6-4-3-5-7-18/h3-9,14H,2,10-13,15-16H2,1H3. The number of carbonyl (C=O) groups excluding carboxylic acids is 2. The van der Waals surface area contributed by atoms with E-state index in [1.807, 2.05) is 34.6 Å². The molecular weight excluding hydrogens is 447 g/mol. The van der Waals surface area contributed by atoms with Gasteiger partial charge in [0.2, 0.25) is 5.91 Å². The number of piperazine rings is 1. The van der Waals surface area contributed by atoms with Crippen LogP contribution in [-0.4, -0.2) is 59.0 Å². The van der Waals surface area contributed by atoms with E-state index >= 15 is 0 Å². The minimum Gasteiger partial charge on any atom is -0.368 e. The number of rotatable bonds is 6. The topological polar surface area (TPSA) is 57.9 Å². The van der Waals surface area contributed by atoms with E-state index in [9.17, 15) is 14.0 Å². The SMILES string of the molecule is CCn1c(=NC(=O)CSCC(=O)N2CCN(c3ccccc3)CC2)sc2cc(F)ccc21. The third kappa shape index (κ3) is 5.21. The van der Waals surface area contributed by atoms with Crippen molar-refractivity contribution in [2.75, 3.05) is 42.6 Å². The summed E-state index contributed by atoms with van der Waals surface area (Å²) in [6, 6.07) is 14.8. The lowest BCUT2D eigenvalue weighted by molar-refractivity contribution is -0.128. The van der Waals surface area contributed by atoms with Crippen molar-refractivity contribution in [2.45, 2.75) is 13.5 Å². The molecule has 2 aromatic carbocycles. The highest BCUT2D eigenvalue weighted by Gasteiger charge is 2.21. The predicted octanol–water partition coefficient (Wildman–Crippen LogP) is 3.37. The molecule has 3 aromatic rings. The van der Waals surface area contributed by atoms with Crippen LogP contribution >= 0.6 is 23.1 Å². The van der Waals surface area contributed by atoms with Crippen molar-refractivity contribution in [1.82, 2.24) is 9.47 Å². The van der Waals surface area contributed by atoms with Crippen LogP contribution in [0.15, 0.2) is 53.5 Å². The molecule has 0 radical (unpaired) electrons. The minimum atomic E-state index is -0.307. The van der Waals surface area contributed by atoms with Crippen LogP contribution < -0.4 is 9.70 Å². The molecule has 168 valence electrons. The van der Waals surface area contributed by atoms with Crippen LogP contribution in [0.4, 0.5) is 10.1 Å². The second kappa shape index (κ2) is 10.3. The fourth-order valence-electron chi connectivity index (χ4n) is 3.75. The van der Waals surface area contributed by atoms with Gasteiger partial charge in [0.1, 0.15) is 5.82 Å². The zero-order chi connectivity index (χ0) is 22.5. The number of thiazole rings is 1. The molecule has 6 nitrogen and oxygen atoms in total. The van der Waals surface area contributed by atoms with E-state index in [1.165, 1.54) is 40.9 Å². The Bertz CT molecular complexity index is 1170. The van der Waals surface area contributed by atoms with Gasteiger partial charge in [-0.25, -0.2) is 4.39 Å². The Morgan fingerprint density at radius 3 is 2.53 bits per heavy atom. The van der Waals surface area contributed by atoms with Crippen molar-refractivity contribution < 1.29 is 14.0 Å². The number of aryl methyl sites for hydroxylation is 1. The summed E-state index contributed by atoms with van der Waals surface area (Å²) >= 11 is 2.59. The van der Waals surface area contributed by atoms with Crippen molar-refractivity contribution in [3.63, 3.8) is 0 Å². The van der Waals surface area contributed by atoms with Crippen LogP contribution in [0.3, 0.4) is 0 Å². The number of anilines is 1. The van der Waals surface area contributed by atoms with E-state index in [2.05, 4.69) is 22.0 Å². The number of carbonyl (C=O) groups is 2. The maximum absolute atomic E-state index is 13.5. The van der Waals surface area contributed by atoms with Gasteiger partial charge in [0.05, 0.1) is 21.7 Å². The smallest absolute Gasteiger partial charge is 0.258 e. The van der Waals surface area contributed by atoms with E-state index in [-0.39, 0.29) is 29.1 Å². The first-order valence-corrected chi connectivity index (χ1v) is 12.5. The number of halogens is 1. The monoisotopic (exact) mass is 472 g/mol. The highest BCUT2D eigenvalue weighted by Crippen LogP contribution is 2.19. The Morgan fingerprint density at radius 2 is 1.81 bits per heavy atom. The highest BCUT2D eigenvalue weighted by atomic mass is 32.2. The van der Waals surface area contributed by atoms with E-state index in [0.717, 1.165) is 23.3 Å². The molecule has 0 unspecified atom stereocenters. The normalized spacial score (nSPS) is 14.9. The van der Waals surface area contributed by atoms with Crippen LogP contribution in [0.5, 0.6) is 0 Å². The molecule has 4 rings (SSSR count). The summed E-state index contributed by atoms with van der Waals surface area (Å²) in [6.07, 6.45) is 0. The average molecular weight is 473 g/mol. The zero-order valence-electron chi connectivity index (χ0n) is 17.9. The second-order valence-electron chi connectivity index (χ2n) is 7.44. The second-order valence-corrected chi connectivity index (χ2v) is 9.44. The lowest BCUT2D eigenvalue weighted by Crippen LogP contribution is -2.49. The molecule has 1 aliphatic heterocycles. The first kappa shape index (κ1) is 22.5. The summed E-state index contributed by atoms with van der Waals surface area (Å²) in [5, 5.41) is 0. The van der Waals surface area contributed by atoms with Gasteiger partial charge in [0, 0.05) is 38.4 Å². The van der Waals surface area contributed by atoms with Gasteiger partial charge in [-0.3, -0.25) is 9.59 Å². The van der Waals surface area contributed by atoms with Gasteiger partial charge < -0.3 is 14.4 Å². The molecule has 2 amide bonds. The maximum Gasteiger partial charge on any atom is 0.258 e. The van der Waals surface area contributed by atoms with Gasteiger partial charge in [-0.2, -0.15) is 4.99 Å². The number of benzene rings is 2. The quantitative estimate of drug-likeness (QED) is 0.552. The van der Waals surface area contributed by atoms with Gasteiger partial charge in [-0.15, -0.1) is 11.8 Å². The number of fused-ring (bicyclic) bond motifs is 1. The van der Waals surface area contributed by atoms with Crippen LogP contribution in [0, 0.1) is 5.82 Å². The fraction of sp³-hybridized carbons (Fsp3) is 0.348. The maximum atomic E-state index is 13.5. The molecule has 0 N–H and O–H groups in total. The number of para-hydroxylation sites is 1. The minimum absolute atomic E-state index is 0.0523. The van der Waals surface area contributed by atoms with Gasteiger partial charge in [0.25, 0.3) is 5.91 Å². The number of aromatic nitrogens is 1. The summed E-state index contributed by atoms with van der Waals surface area (Å²) in [7, 11) is 0. The molecule has 1 aromatic heterocycles. The summed E-state index contributed by atoms with van der Waals surface area (Å²) in [6.45, 7) is 5.57. The van der Waals surface area contributed by atoms with Crippen molar-refractivity contribution in [2.24, 2.45) is 4.99 Å². The molecule has 0 bridgehead atoms. The lowest BCUT2D eigenvalue weighted by atomic mass is 10.2. The van der Waals surface area contributed by atoms with Crippen molar-refractivity contribution in [1.29, 1.82) is 0 Å². The van der Waals surface area contributed by atoms with E-state index in [1.54, 1.807) is 6.07 Å².